The van der Waals surface area contributed by atoms with E-state index >= 15 is 0 Å². The molecule has 1 atom stereocenters. The number of para-hydroxylation sites is 1. The smallest absolute Gasteiger partial charge is 0.242 e. The molecular formula is C18H20N4O3. The first-order valence-electron chi connectivity index (χ1n) is 8.51. The van der Waals surface area contributed by atoms with Crippen molar-refractivity contribution >= 4 is 22.7 Å². The minimum absolute atomic E-state index is 0.00226. The van der Waals surface area contributed by atoms with E-state index in [1.165, 1.54) is 6.07 Å². The van der Waals surface area contributed by atoms with Gasteiger partial charge in [0.15, 0.2) is 5.43 Å². The van der Waals surface area contributed by atoms with E-state index in [4.69, 9.17) is 0 Å². The predicted molar refractivity (Wildman–Crippen MR) is 93.2 cm³/mol. The average Bonchev–Trinajstić information content (AvgIpc) is 2.64. The molecule has 0 bridgehead atoms. The number of piperazine rings is 2. The highest BCUT2D eigenvalue weighted by Gasteiger charge is 2.36. The number of carbonyl (C=O) groups is 2. The maximum atomic E-state index is 12.8. The molecule has 0 spiro atoms. The number of rotatable bonds is 2. The van der Waals surface area contributed by atoms with E-state index in [9.17, 15) is 14.4 Å². The first-order valence-corrected chi connectivity index (χ1v) is 8.51. The standard InChI is InChI=1S/C18H20N4O3/c23-16-5-7-21(14-4-2-1-3-13(14)16)12-17(24)22-10-9-20-8-6-19-18(25)15(20)11-22/h1-5,7,15H,6,8-12H2,(H,19,25)/t15-/m0/s1. The Morgan fingerprint density at radius 1 is 1.12 bits per heavy atom. The Hall–Kier alpha value is -2.67. The van der Waals surface area contributed by atoms with E-state index in [-0.39, 0.29) is 29.8 Å². The SMILES string of the molecule is O=C1NCCN2CCN(C(=O)Cn3ccc(=O)c4ccccc43)C[C@@H]12. The molecule has 4 rings (SSSR count). The van der Waals surface area contributed by atoms with Crippen LogP contribution < -0.4 is 10.7 Å². The number of hydrogen-bond donors (Lipinski definition) is 1. The molecular weight excluding hydrogens is 320 g/mol. The highest BCUT2D eigenvalue weighted by Crippen LogP contribution is 2.14. The average molecular weight is 340 g/mol. The number of hydrogen-bond acceptors (Lipinski definition) is 4. The number of carbonyl (C=O) groups excluding carboxylic acids is 2. The van der Waals surface area contributed by atoms with Gasteiger partial charge in [-0.3, -0.25) is 19.3 Å². The van der Waals surface area contributed by atoms with Gasteiger partial charge in [0.05, 0.1) is 5.52 Å². The Balaban J connectivity index is 1.54. The lowest BCUT2D eigenvalue weighted by Gasteiger charge is -2.43. The molecule has 130 valence electrons. The third kappa shape index (κ3) is 2.91. The van der Waals surface area contributed by atoms with Gasteiger partial charge in [0.25, 0.3) is 0 Å². The Kier molecular flexibility index (Phi) is 4.01. The Morgan fingerprint density at radius 3 is 2.84 bits per heavy atom. The van der Waals surface area contributed by atoms with E-state index in [0.717, 1.165) is 18.6 Å². The van der Waals surface area contributed by atoms with Crippen LogP contribution in [0.3, 0.4) is 0 Å². The van der Waals surface area contributed by atoms with Gasteiger partial charge in [-0.25, -0.2) is 0 Å². The van der Waals surface area contributed by atoms with Gasteiger partial charge in [0.1, 0.15) is 12.6 Å². The second-order valence-electron chi connectivity index (χ2n) is 6.51. The lowest BCUT2D eigenvalue weighted by molar-refractivity contribution is -0.140. The largest absolute Gasteiger partial charge is 0.353 e. The molecule has 0 unspecified atom stereocenters. The molecule has 1 N–H and O–H groups in total. The molecule has 2 saturated heterocycles. The van der Waals surface area contributed by atoms with Crippen LogP contribution in [0.5, 0.6) is 0 Å². The lowest BCUT2D eigenvalue weighted by Crippen LogP contribution is -2.64. The third-order valence-electron chi connectivity index (χ3n) is 5.04. The molecule has 0 saturated carbocycles. The Labute approximate surface area is 144 Å². The van der Waals surface area contributed by atoms with Crippen molar-refractivity contribution in [2.24, 2.45) is 0 Å². The number of pyridine rings is 1. The van der Waals surface area contributed by atoms with Crippen molar-refractivity contribution in [1.82, 2.24) is 19.7 Å². The van der Waals surface area contributed by atoms with Crippen LogP contribution in [0.2, 0.25) is 0 Å². The summed E-state index contributed by atoms with van der Waals surface area (Å²) in [4.78, 5) is 40.6. The van der Waals surface area contributed by atoms with Gasteiger partial charge in [0.2, 0.25) is 11.8 Å². The molecule has 2 fully saturated rings. The zero-order chi connectivity index (χ0) is 17.4. The summed E-state index contributed by atoms with van der Waals surface area (Å²) in [5, 5.41) is 3.47. The van der Waals surface area contributed by atoms with Crippen LogP contribution in [0.15, 0.2) is 41.3 Å². The van der Waals surface area contributed by atoms with Gasteiger partial charge < -0.3 is 14.8 Å². The van der Waals surface area contributed by atoms with Crippen molar-refractivity contribution in [3.05, 3.63) is 46.8 Å². The molecule has 7 heteroatoms. The fourth-order valence-electron chi connectivity index (χ4n) is 3.65. The fourth-order valence-corrected chi connectivity index (χ4v) is 3.65. The van der Waals surface area contributed by atoms with Gasteiger partial charge >= 0.3 is 0 Å². The fraction of sp³-hybridized carbons (Fsp3) is 0.389. The molecule has 1 aromatic heterocycles. The predicted octanol–water partition coefficient (Wildman–Crippen LogP) is -0.356. The number of fused-ring (bicyclic) bond motifs is 2. The highest BCUT2D eigenvalue weighted by molar-refractivity contribution is 5.85. The van der Waals surface area contributed by atoms with Crippen molar-refractivity contribution in [3.8, 4) is 0 Å². The maximum absolute atomic E-state index is 12.8. The normalized spacial score (nSPS) is 21.0. The number of nitrogens with one attached hydrogen (secondary N) is 1. The van der Waals surface area contributed by atoms with Gasteiger partial charge in [-0.05, 0) is 12.1 Å². The van der Waals surface area contributed by atoms with Crippen LogP contribution in [0.1, 0.15) is 0 Å². The maximum Gasteiger partial charge on any atom is 0.242 e. The van der Waals surface area contributed by atoms with Crippen molar-refractivity contribution in [1.29, 1.82) is 0 Å². The minimum atomic E-state index is -0.253. The lowest BCUT2D eigenvalue weighted by atomic mass is 10.1. The summed E-state index contributed by atoms with van der Waals surface area (Å²) in [5.74, 6) is -0.0376. The van der Waals surface area contributed by atoms with E-state index in [2.05, 4.69) is 10.2 Å². The molecule has 25 heavy (non-hydrogen) atoms. The van der Waals surface area contributed by atoms with E-state index in [1.54, 1.807) is 21.7 Å². The molecule has 2 aliphatic heterocycles. The van der Waals surface area contributed by atoms with E-state index < -0.39 is 0 Å². The molecule has 0 aliphatic carbocycles. The summed E-state index contributed by atoms with van der Waals surface area (Å²) < 4.78 is 1.80. The van der Waals surface area contributed by atoms with Gasteiger partial charge in [-0.2, -0.15) is 0 Å². The van der Waals surface area contributed by atoms with Gasteiger partial charge in [-0.1, -0.05) is 12.1 Å². The van der Waals surface area contributed by atoms with E-state index in [1.807, 2.05) is 18.2 Å². The van der Waals surface area contributed by atoms with Gasteiger partial charge in [0, 0.05) is 50.4 Å². The van der Waals surface area contributed by atoms with Crippen LogP contribution >= 0.6 is 0 Å². The summed E-state index contributed by atoms with van der Waals surface area (Å²) >= 11 is 0. The van der Waals surface area contributed by atoms with Crippen LogP contribution in [-0.4, -0.2) is 64.9 Å². The zero-order valence-electron chi connectivity index (χ0n) is 13.9. The van der Waals surface area contributed by atoms with Crippen LogP contribution in [0.4, 0.5) is 0 Å². The molecule has 1 aromatic carbocycles. The monoisotopic (exact) mass is 340 g/mol. The molecule has 0 radical (unpaired) electrons. The number of nitrogens with zero attached hydrogens (tertiary/aromatic N) is 3. The first-order chi connectivity index (χ1) is 12.1. The van der Waals surface area contributed by atoms with Crippen LogP contribution in [-0.2, 0) is 16.1 Å². The first kappa shape index (κ1) is 15.8. The molecule has 3 heterocycles. The van der Waals surface area contributed by atoms with Crippen molar-refractivity contribution in [3.63, 3.8) is 0 Å². The van der Waals surface area contributed by atoms with Crippen LogP contribution in [0.25, 0.3) is 10.9 Å². The van der Waals surface area contributed by atoms with Crippen molar-refractivity contribution < 1.29 is 9.59 Å². The summed E-state index contributed by atoms with van der Waals surface area (Å²) in [7, 11) is 0. The quantitative estimate of drug-likeness (QED) is 0.811. The third-order valence-corrected chi connectivity index (χ3v) is 5.04. The topological polar surface area (TPSA) is 74.7 Å². The Morgan fingerprint density at radius 2 is 1.96 bits per heavy atom. The number of amides is 2. The zero-order valence-corrected chi connectivity index (χ0v) is 13.9. The molecule has 2 aromatic rings. The van der Waals surface area contributed by atoms with Crippen molar-refractivity contribution in [2.45, 2.75) is 12.6 Å². The highest BCUT2D eigenvalue weighted by atomic mass is 16.2. The van der Waals surface area contributed by atoms with Crippen molar-refractivity contribution in [2.75, 3.05) is 32.7 Å². The minimum Gasteiger partial charge on any atom is -0.353 e. The summed E-state index contributed by atoms with van der Waals surface area (Å²) in [5.41, 5.74) is 0.698. The molecule has 7 nitrogen and oxygen atoms in total. The summed E-state index contributed by atoms with van der Waals surface area (Å²) in [6, 6.07) is 8.52. The van der Waals surface area contributed by atoms with Crippen LogP contribution in [0, 0.1) is 0 Å². The second-order valence-corrected chi connectivity index (χ2v) is 6.51. The summed E-state index contributed by atoms with van der Waals surface area (Å²) in [6.45, 7) is 3.43. The Bertz CT molecular complexity index is 891. The second kappa shape index (κ2) is 6.33. The molecule has 2 aliphatic rings. The number of benzene rings is 1. The number of aromatic nitrogens is 1. The summed E-state index contributed by atoms with van der Waals surface area (Å²) in [6.07, 6.45) is 1.66. The molecule has 2 amide bonds. The van der Waals surface area contributed by atoms with E-state index in [0.29, 0.717) is 25.0 Å². The van der Waals surface area contributed by atoms with Gasteiger partial charge in [-0.15, -0.1) is 0 Å².